The topological polar surface area (TPSA) is 89.8 Å². The number of quaternary nitrogens is 1. The molecule has 0 heterocycles. The van der Waals surface area contributed by atoms with Crippen LogP contribution in [0.4, 0.5) is 0 Å². The molecule has 0 atom stereocenters. The molecule has 0 aromatic heterocycles. The zero-order chi connectivity index (χ0) is 17.4. The number of carbonyl (C=O) groups excluding carboxylic acids is 1. The lowest BCUT2D eigenvalue weighted by Gasteiger charge is -2.38. The molecular formula is C17H33NO5. The summed E-state index contributed by atoms with van der Waals surface area (Å²) >= 11 is 0. The predicted molar refractivity (Wildman–Crippen MR) is 87.6 cm³/mol. The Morgan fingerprint density at radius 1 is 1.04 bits per heavy atom. The summed E-state index contributed by atoms with van der Waals surface area (Å²) < 4.78 is 5.98. The summed E-state index contributed by atoms with van der Waals surface area (Å²) in [5.41, 5.74) is 0. The highest BCUT2D eigenvalue weighted by atomic mass is 16.5. The number of aliphatic hydroxyl groups is 2. The molecule has 0 fully saturated rings. The Hall–Kier alpha value is -0.950. The SMILES string of the molecule is C/C=C/CCCCCOCC[N+](CCO)(CCO)CCC(=O)[O-]. The van der Waals surface area contributed by atoms with Crippen LogP contribution in [0.15, 0.2) is 12.2 Å². The van der Waals surface area contributed by atoms with Crippen LogP contribution in [0.25, 0.3) is 0 Å². The molecule has 0 aliphatic carbocycles. The molecule has 0 amide bonds. The third kappa shape index (κ3) is 12.2. The first-order chi connectivity index (χ1) is 11.1. The minimum Gasteiger partial charge on any atom is -0.550 e. The number of hydrogen-bond acceptors (Lipinski definition) is 5. The third-order valence-electron chi connectivity index (χ3n) is 4.04. The molecule has 136 valence electrons. The number of carbonyl (C=O) groups is 1. The summed E-state index contributed by atoms with van der Waals surface area (Å²) in [5, 5.41) is 29.2. The van der Waals surface area contributed by atoms with Crippen LogP contribution in [0.1, 0.15) is 39.0 Å². The number of aliphatic hydroxyl groups excluding tert-OH is 2. The minimum absolute atomic E-state index is 0.0437. The van der Waals surface area contributed by atoms with Gasteiger partial charge in [-0.1, -0.05) is 18.6 Å². The number of allylic oxidation sites excluding steroid dienone is 2. The fourth-order valence-electron chi connectivity index (χ4n) is 2.59. The fraction of sp³-hybridized carbons (Fsp3) is 0.824. The van der Waals surface area contributed by atoms with E-state index in [0.29, 0.717) is 43.9 Å². The number of hydrogen-bond donors (Lipinski definition) is 2. The normalized spacial score (nSPS) is 12.1. The van der Waals surface area contributed by atoms with Crippen LogP contribution in [0, 0.1) is 0 Å². The van der Waals surface area contributed by atoms with Crippen molar-refractivity contribution >= 4 is 5.97 Å². The Morgan fingerprint density at radius 3 is 2.30 bits per heavy atom. The summed E-state index contributed by atoms with van der Waals surface area (Å²) in [7, 11) is 0. The van der Waals surface area contributed by atoms with Crippen molar-refractivity contribution < 1.29 is 29.3 Å². The van der Waals surface area contributed by atoms with Gasteiger partial charge >= 0.3 is 0 Å². The monoisotopic (exact) mass is 331 g/mol. The molecule has 0 spiro atoms. The van der Waals surface area contributed by atoms with Crippen molar-refractivity contribution in [2.45, 2.75) is 39.0 Å². The summed E-state index contributed by atoms with van der Waals surface area (Å²) in [6.07, 6.45) is 8.54. The van der Waals surface area contributed by atoms with Crippen LogP contribution < -0.4 is 5.11 Å². The zero-order valence-corrected chi connectivity index (χ0v) is 14.4. The summed E-state index contributed by atoms with van der Waals surface area (Å²) in [6, 6.07) is 0. The van der Waals surface area contributed by atoms with E-state index in [1.165, 1.54) is 0 Å². The number of carboxylic acid groups (broad SMARTS) is 1. The van der Waals surface area contributed by atoms with Gasteiger partial charge in [0.1, 0.15) is 19.6 Å². The van der Waals surface area contributed by atoms with Crippen molar-refractivity contribution in [3.63, 3.8) is 0 Å². The molecule has 6 nitrogen and oxygen atoms in total. The summed E-state index contributed by atoms with van der Waals surface area (Å²) in [5.74, 6) is -1.11. The molecule has 0 radical (unpaired) electrons. The second-order valence-electron chi connectivity index (χ2n) is 5.84. The van der Waals surface area contributed by atoms with E-state index in [1.807, 2.05) is 6.92 Å². The van der Waals surface area contributed by atoms with Gasteiger partial charge in [-0.3, -0.25) is 0 Å². The maximum Gasteiger partial charge on any atom is 0.103 e. The standard InChI is InChI=1S/C17H33NO5/c1-2-3-4-5-6-7-15-23-16-12-18(10-13-19,11-14-20)9-8-17(21)22/h2-3,19-20H,4-16H2,1H3/b3-2+. The third-order valence-corrected chi connectivity index (χ3v) is 4.04. The molecule has 0 unspecified atom stereocenters. The average molecular weight is 331 g/mol. The molecule has 0 aliphatic rings. The fourth-order valence-corrected chi connectivity index (χ4v) is 2.59. The van der Waals surface area contributed by atoms with Gasteiger partial charge in [0.2, 0.25) is 0 Å². The van der Waals surface area contributed by atoms with Gasteiger partial charge < -0.3 is 29.3 Å². The van der Waals surface area contributed by atoms with Crippen molar-refractivity contribution in [2.24, 2.45) is 0 Å². The van der Waals surface area contributed by atoms with E-state index in [4.69, 9.17) is 4.74 Å². The molecule has 6 heteroatoms. The van der Waals surface area contributed by atoms with E-state index in [9.17, 15) is 20.1 Å². The Kier molecular flexibility index (Phi) is 14.0. The molecule has 2 N–H and O–H groups in total. The maximum atomic E-state index is 10.7. The van der Waals surface area contributed by atoms with Crippen LogP contribution in [-0.2, 0) is 9.53 Å². The number of nitrogens with zero attached hydrogens (tertiary/aromatic N) is 1. The van der Waals surface area contributed by atoms with Gasteiger partial charge in [-0.15, -0.1) is 0 Å². The minimum atomic E-state index is -1.11. The molecule has 0 rings (SSSR count). The van der Waals surface area contributed by atoms with Crippen molar-refractivity contribution in [1.82, 2.24) is 0 Å². The molecule has 0 saturated heterocycles. The number of unbranched alkanes of at least 4 members (excludes halogenated alkanes) is 3. The van der Waals surface area contributed by atoms with Crippen molar-refractivity contribution in [3.05, 3.63) is 12.2 Å². The molecular weight excluding hydrogens is 298 g/mol. The van der Waals surface area contributed by atoms with Crippen LogP contribution in [0.5, 0.6) is 0 Å². The lowest BCUT2D eigenvalue weighted by atomic mass is 10.2. The summed E-state index contributed by atoms with van der Waals surface area (Å²) in [6.45, 7) is 4.89. The quantitative estimate of drug-likeness (QED) is 0.237. The second kappa shape index (κ2) is 14.6. The molecule has 0 aliphatic heterocycles. The van der Waals surface area contributed by atoms with Gasteiger partial charge in [0, 0.05) is 19.0 Å². The van der Waals surface area contributed by atoms with E-state index in [2.05, 4.69) is 12.2 Å². The first kappa shape index (κ1) is 22.1. The number of rotatable bonds is 16. The first-order valence-electron chi connectivity index (χ1n) is 8.56. The molecule has 0 aromatic carbocycles. The van der Waals surface area contributed by atoms with E-state index in [0.717, 1.165) is 25.7 Å². The first-order valence-corrected chi connectivity index (χ1v) is 8.56. The van der Waals surface area contributed by atoms with Gasteiger partial charge in [0.15, 0.2) is 0 Å². The van der Waals surface area contributed by atoms with Crippen LogP contribution in [0.2, 0.25) is 0 Å². The predicted octanol–water partition coefficient (Wildman–Crippen LogP) is 0.0809. The highest BCUT2D eigenvalue weighted by molar-refractivity contribution is 5.64. The van der Waals surface area contributed by atoms with Crippen LogP contribution in [-0.4, -0.2) is 73.3 Å². The van der Waals surface area contributed by atoms with Gasteiger partial charge in [-0.25, -0.2) is 0 Å². The second-order valence-corrected chi connectivity index (χ2v) is 5.84. The highest BCUT2D eigenvalue weighted by Gasteiger charge is 2.25. The number of carboxylic acids is 1. The van der Waals surface area contributed by atoms with Crippen molar-refractivity contribution in [2.75, 3.05) is 52.6 Å². The van der Waals surface area contributed by atoms with Crippen molar-refractivity contribution in [3.8, 4) is 0 Å². The largest absolute Gasteiger partial charge is 0.550 e. The Bertz CT molecular complexity index is 314. The highest BCUT2D eigenvalue weighted by Crippen LogP contribution is 2.08. The van der Waals surface area contributed by atoms with Gasteiger partial charge in [-0.2, -0.15) is 0 Å². The number of ether oxygens (including phenoxy) is 1. The van der Waals surface area contributed by atoms with Crippen molar-refractivity contribution in [1.29, 1.82) is 0 Å². The number of aliphatic carboxylic acids is 1. The van der Waals surface area contributed by atoms with Crippen LogP contribution in [0.3, 0.4) is 0 Å². The Labute approximate surface area is 140 Å². The zero-order valence-electron chi connectivity index (χ0n) is 14.4. The van der Waals surface area contributed by atoms with E-state index in [1.54, 1.807) is 0 Å². The van der Waals surface area contributed by atoms with Gasteiger partial charge in [0.25, 0.3) is 0 Å². The van der Waals surface area contributed by atoms with Gasteiger partial charge in [0.05, 0.1) is 26.4 Å². The van der Waals surface area contributed by atoms with E-state index in [-0.39, 0.29) is 19.6 Å². The molecule has 23 heavy (non-hydrogen) atoms. The van der Waals surface area contributed by atoms with Crippen LogP contribution >= 0.6 is 0 Å². The summed E-state index contributed by atoms with van der Waals surface area (Å²) in [4.78, 5) is 10.7. The lowest BCUT2D eigenvalue weighted by Crippen LogP contribution is -2.55. The van der Waals surface area contributed by atoms with Gasteiger partial charge in [-0.05, 0) is 26.2 Å². The smallest absolute Gasteiger partial charge is 0.103 e. The van der Waals surface area contributed by atoms with E-state index >= 15 is 0 Å². The Balaban J connectivity index is 4.04. The average Bonchev–Trinajstić information content (AvgIpc) is 2.52. The molecule has 0 saturated carbocycles. The maximum absolute atomic E-state index is 10.7. The molecule has 0 bridgehead atoms. The Morgan fingerprint density at radius 2 is 1.74 bits per heavy atom. The molecule has 0 aromatic rings. The lowest BCUT2D eigenvalue weighted by molar-refractivity contribution is -0.928. The van der Waals surface area contributed by atoms with E-state index < -0.39 is 5.97 Å².